The van der Waals surface area contributed by atoms with Gasteiger partial charge < -0.3 is 0 Å². The van der Waals surface area contributed by atoms with Crippen molar-refractivity contribution in [3.8, 4) is 0 Å². The van der Waals surface area contributed by atoms with Crippen LogP contribution in [0.1, 0.15) is 61.8 Å². The van der Waals surface area contributed by atoms with E-state index in [9.17, 15) is 0 Å². The molecule has 0 nitrogen and oxygen atoms in total. The highest BCUT2D eigenvalue weighted by atomic mass is 14.2. The van der Waals surface area contributed by atoms with Crippen molar-refractivity contribution in [1.82, 2.24) is 0 Å². The summed E-state index contributed by atoms with van der Waals surface area (Å²) in [5.74, 6) is 0. The molecule has 17 heavy (non-hydrogen) atoms. The van der Waals surface area contributed by atoms with Gasteiger partial charge in [-0.25, -0.2) is 0 Å². The summed E-state index contributed by atoms with van der Waals surface area (Å²) < 4.78 is 0. The molecular weight excluding hydrogens is 204 g/mol. The van der Waals surface area contributed by atoms with Crippen LogP contribution in [0.4, 0.5) is 0 Å². The monoisotopic (exact) mass is 234 g/mol. The summed E-state index contributed by atoms with van der Waals surface area (Å²) in [6, 6.07) is 0. The molecule has 0 N–H and O–H groups in total. The first-order valence-corrected chi connectivity index (χ1v) is 6.77. The SMILES string of the molecule is CC.CC1=C/C(C)=C\C(C)(C)/C=C\C(C)(C)C1. The summed E-state index contributed by atoms with van der Waals surface area (Å²) in [4.78, 5) is 0. The second kappa shape index (κ2) is 6.23. The average Bonchev–Trinajstić information content (AvgIpc) is 2.18. The van der Waals surface area contributed by atoms with Crippen LogP contribution in [0.25, 0.3) is 0 Å². The summed E-state index contributed by atoms with van der Waals surface area (Å²) in [6.07, 6.45) is 10.5. The lowest BCUT2D eigenvalue weighted by Gasteiger charge is -2.22. The third kappa shape index (κ3) is 6.51. The zero-order valence-electron chi connectivity index (χ0n) is 13.0. The van der Waals surface area contributed by atoms with E-state index in [1.807, 2.05) is 13.8 Å². The van der Waals surface area contributed by atoms with Crippen LogP contribution in [0.3, 0.4) is 0 Å². The Morgan fingerprint density at radius 1 is 0.941 bits per heavy atom. The smallest absolute Gasteiger partial charge is 0.00103 e. The molecule has 0 aromatic carbocycles. The first kappa shape index (κ1) is 16.2. The van der Waals surface area contributed by atoms with Gasteiger partial charge in [0, 0.05) is 5.41 Å². The molecule has 98 valence electrons. The van der Waals surface area contributed by atoms with Crippen molar-refractivity contribution in [2.75, 3.05) is 0 Å². The van der Waals surface area contributed by atoms with Crippen molar-refractivity contribution in [2.24, 2.45) is 10.8 Å². The molecule has 0 fully saturated rings. The van der Waals surface area contributed by atoms with Crippen molar-refractivity contribution in [3.63, 3.8) is 0 Å². The van der Waals surface area contributed by atoms with Crippen LogP contribution in [0.15, 0.2) is 35.5 Å². The van der Waals surface area contributed by atoms with Crippen molar-refractivity contribution in [1.29, 1.82) is 0 Å². The zero-order chi connectivity index (χ0) is 13.7. The fraction of sp³-hybridized carbons (Fsp3) is 0.647. The summed E-state index contributed by atoms with van der Waals surface area (Å²) in [5.41, 5.74) is 3.29. The summed E-state index contributed by atoms with van der Waals surface area (Å²) in [5, 5.41) is 0. The van der Waals surface area contributed by atoms with Crippen LogP contribution in [0, 0.1) is 10.8 Å². The molecule has 0 unspecified atom stereocenters. The molecule has 0 aromatic heterocycles. The van der Waals surface area contributed by atoms with Gasteiger partial charge in [0.2, 0.25) is 0 Å². The van der Waals surface area contributed by atoms with E-state index in [1.165, 1.54) is 11.1 Å². The van der Waals surface area contributed by atoms with E-state index in [2.05, 4.69) is 65.8 Å². The molecule has 0 bridgehead atoms. The molecule has 0 atom stereocenters. The van der Waals surface area contributed by atoms with E-state index in [-0.39, 0.29) is 10.8 Å². The Balaban J connectivity index is 0.00000121. The average molecular weight is 234 g/mol. The van der Waals surface area contributed by atoms with Crippen LogP contribution in [-0.2, 0) is 0 Å². The van der Waals surface area contributed by atoms with Crippen LogP contribution in [-0.4, -0.2) is 0 Å². The molecule has 0 aromatic rings. The number of allylic oxidation sites excluding steroid dienone is 6. The second-order valence-corrected chi connectivity index (χ2v) is 6.20. The Labute approximate surface area is 109 Å². The van der Waals surface area contributed by atoms with Crippen molar-refractivity contribution in [3.05, 3.63) is 35.5 Å². The van der Waals surface area contributed by atoms with E-state index in [0.29, 0.717) is 0 Å². The molecule has 1 aliphatic rings. The fourth-order valence-electron chi connectivity index (χ4n) is 2.33. The number of hydrogen-bond acceptors (Lipinski definition) is 0. The van der Waals surface area contributed by atoms with Crippen LogP contribution >= 0.6 is 0 Å². The van der Waals surface area contributed by atoms with Gasteiger partial charge in [-0.15, -0.1) is 0 Å². The van der Waals surface area contributed by atoms with Gasteiger partial charge in [-0.2, -0.15) is 0 Å². The minimum atomic E-state index is 0.169. The van der Waals surface area contributed by atoms with E-state index in [4.69, 9.17) is 0 Å². The maximum Gasteiger partial charge on any atom is 0.00103 e. The summed E-state index contributed by atoms with van der Waals surface area (Å²) >= 11 is 0. The molecule has 0 heterocycles. The lowest BCUT2D eigenvalue weighted by Crippen LogP contribution is -2.10. The predicted molar refractivity (Wildman–Crippen MR) is 80.2 cm³/mol. The van der Waals surface area contributed by atoms with Gasteiger partial charge in [0.15, 0.2) is 0 Å². The lowest BCUT2D eigenvalue weighted by atomic mass is 9.83. The zero-order valence-corrected chi connectivity index (χ0v) is 13.0. The molecule has 0 amide bonds. The van der Waals surface area contributed by atoms with Gasteiger partial charge in [-0.05, 0) is 25.7 Å². The number of hydrogen-bond donors (Lipinski definition) is 0. The molecule has 0 aliphatic heterocycles. The van der Waals surface area contributed by atoms with Gasteiger partial charge in [0.1, 0.15) is 0 Å². The molecule has 0 radical (unpaired) electrons. The highest BCUT2D eigenvalue weighted by molar-refractivity contribution is 5.28. The third-order valence-electron chi connectivity index (χ3n) is 2.77. The Morgan fingerprint density at radius 3 is 2.00 bits per heavy atom. The second-order valence-electron chi connectivity index (χ2n) is 6.20. The molecule has 1 aliphatic carbocycles. The highest BCUT2D eigenvalue weighted by Crippen LogP contribution is 2.32. The number of rotatable bonds is 0. The van der Waals surface area contributed by atoms with Crippen LogP contribution in [0.5, 0.6) is 0 Å². The van der Waals surface area contributed by atoms with Gasteiger partial charge in [0.05, 0.1) is 0 Å². The minimum Gasteiger partial charge on any atom is -0.0817 e. The van der Waals surface area contributed by atoms with Crippen molar-refractivity contribution < 1.29 is 0 Å². The van der Waals surface area contributed by atoms with E-state index < -0.39 is 0 Å². The van der Waals surface area contributed by atoms with Gasteiger partial charge in [0.25, 0.3) is 0 Å². The van der Waals surface area contributed by atoms with Crippen molar-refractivity contribution in [2.45, 2.75) is 61.8 Å². The maximum atomic E-state index is 2.36. The fourth-order valence-corrected chi connectivity index (χ4v) is 2.33. The normalized spacial score (nSPS) is 27.1. The molecule has 0 spiro atoms. The predicted octanol–water partition coefficient (Wildman–Crippen LogP) is 5.92. The Morgan fingerprint density at radius 2 is 1.47 bits per heavy atom. The summed E-state index contributed by atoms with van der Waals surface area (Å²) in [7, 11) is 0. The van der Waals surface area contributed by atoms with E-state index in [1.54, 1.807) is 0 Å². The Kier molecular flexibility index (Phi) is 5.95. The van der Waals surface area contributed by atoms with Gasteiger partial charge >= 0.3 is 0 Å². The van der Waals surface area contributed by atoms with Gasteiger partial charge in [-0.3, -0.25) is 0 Å². The van der Waals surface area contributed by atoms with Gasteiger partial charge in [-0.1, -0.05) is 77.0 Å². The quantitative estimate of drug-likeness (QED) is 0.456. The Bertz CT molecular complexity index is 322. The molecule has 0 saturated heterocycles. The third-order valence-corrected chi connectivity index (χ3v) is 2.77. The highest BCUT2D eigenvalue weighted by Gasteiger charge is 2.19. The topological polar surface area (TPSA) is 0 Å². The van der Waals surface area contributed by atoms with E-state index in [0.717, 1.165) is 6.42 Å². The molecule has 1 rings (SSSR count). The lowest BCUT2D eigenvalue weighted by molar-refractivity contribution is 0.467. The summed E-state index contributed by atoms with van der Waals surface area (Å²) in [6.45, 7) is 17.5. The molecule has 0 saturated carbocycles. The molecule has 0 heteroatoms. The van der Waals surface area contributed by atoms with Crippen LogP contribution < -0.4 is 0 Å². The maximum absolute atomic E-state index is 2.36. The van der Waals surface area contributed by atoms with E-state index >= 15 is 0 Å². The van der Waals surface area contributed by atoms with Crippen molar-refractivity contribution >= 4 is 0 Å². The standard InChI is InChI=1S/C15H24.C2H6/c1-12-9-13(2)11-15(5,6)8-7-14(3,4)10-12;1-2/h7-10H,11H2,1-6H3;1-2H3/b8-7-,12-10-,13-9?;. The largest absolute Gasteiger partial charge is 0.0817 e. The minimum absolute atomic E-state index is 0.169. The Hall–Kier alpha value is -0.780. The first-order valence-electron chi connectivity index (χ1n) is 6.77. The first-order chi connectivity index (χ1) is 7.70. The van der Waals surface area contributed by atoms with Crippen LogP contribution in [0.2, 0.25) is 0 Å². The molecular formula is C17H30.